The van der Waals surface area contributed by atoms with Crippen molar-refractivity contribution in [3.05, 3.63) is 124 Å². The molecule has 0 heterocycles. The molecular weight excluding hydrogens is 490 g/mol. The molecule has 35 heavy (non-hydrogen) atoms. The molecule has 0 aliphatic rings. The largest absolute Gasteiger partial charge is 0.383 e. The third-order valence-corrected chi connectivity index (χ3v) is 5.21. The number of halogens is 2. The van der Waals surface area contributed by atoms with Gasteiger partial charge in [0.15, 0.2) is 0 Å². The lowest BCUT2D eigenvalue weighted by Crippen LogP contribution is -2.12. The number of aliphatic imine (C=N–C) groups is 1. The van der Waals surface area contributed by atoms with Crippen LogP contribution in [0.25, 0.3) is 11.1 Å². The number of nitrogens with two attached hydrogens (primary N) is 1. The van der Waals surface area contributed by atoms with E-state index in [2.05, 4.69) is 52.3 Å². The van der Waals surface area contributed by atoms with Crippen LogP contribution in [0.1, 0.15) is 30.5 Å². The Bertz CT molecular complexity index is 1140. The van der Waals surface area contributed by atoms with Crippen LogP contribution >= 0.6 is 32.4 Å². The van der Waals surface area contributed by atoms with E-state index in [1.165, 1.54) is 11.1 Å². The van der Waals surface area contributed by atoms with Gasteiger partial charge in [0, 0.05) is 21.2 Å². The SMILES string of the molecule is CC.CP.Cc1ccc(C)cc1.NC(=Nc1ccccc1)c1ccc(-c2cc(Cl)ccc2Cl)cc1. The fourth-order valence-corrected chi connectivity index (χ4v) is 3.28. The van der Waals surface area contributed by atoms with Crippen LogP contribution in [0.2, 0.25) is 10.0 Å². The standard InChI is InChI=1S/C19H14Cl2N2.C8H10.C2H6.CH5P/c20-15-10-11-18(21)17(12-15)13-6-8-14(9-7-13)19(22)23-16-4-2-1-3-5-16;1-7-3-5-8(2)6-4-7;2*1-2/h1-12H,(H2,22,23);3-6H,1-2H3;1-2H3;2H2,1H3. The summed E-state index contributed by atoms with van der Waals surface area (Å²) in [5, 5.41) is 1.31. The van der Waals surface area contributed by atoms with Gasteiger partial charge in [0.25, 0.3) is 0 Å². The first-order valence-electron chi connectivity index (χ1n) is 11.5. The van der Waals surface area contributed by atoms with Crippen molar-refractivity contribution in [2.24, 2.45) is 10.7 Å². The monoisotopic (exact) mass is 524 g/mol. The fourth-order valence-electron chi connectivity index (χ4n) is 2.88. The van der Waals surface area contributed by atoms with Crippen LogP contribution < -0.4 is 5.73 Å². The van der Waals surface area contributed by atoms with E-state index in [0.717, 1.165) is 22.4 Å². The van der Waals surface area contributed by atoms with Crippen molar-refractivity contribution >= 4 is 44.0 Å². The maximum absolute atomic E-state index is 6.23. The van der Waals surface area contributed by atoms with E-state index in [0.29, 0.717) is 15.9 Å². The first kappa shape index (κ1) is 30.4. The highest BCUT2D eigenvalue weighted by Crippen LogP contribution is 2.30. The highest BCUT2D eigenvalue weighted by molar-refractivity contribution is 7.15. The maximum Gasteiger partial charge on any atom is 0.131 e. The first-order valence-corrected chi connectivity index (χ1v) is 13.4. The Morgan fingerprint density at radius 1 is 0.714 bits per heavy atom. The highest BCUT2D eigenvalue weighted by atomic mass is 35.5. The second-order valence-corrected chi connectivity index (χ2v) is 8.03. The lowest BCUT2D eigenvalue weighted by atomic mass is 10.0. The molecule has 4 aromatic carbocycles. The van der Waals surface area contributed by atoms with Gasteiger partial charge in [-0.3, -0.25) is 0 Å². The van der Waals surface area contributed by atoms with Crippen molar-refractivity contribution in [1.29, 1.82) is 0 Å². The van der Waals surface area contributed by atoms with Gasteiger partial charge in [-0.15, -0.1) is 9.24 Å². The Morgan fingerprint density at radius 3 is 1.74 bits per heavy atom. The third kappa shape index (κ3) is 10.7. The predicted octanol–water partition coefficient (Wildman–Crippen LogP) is 9.52. The van der Waals surface area contributed by atoms with E-state index in [9.17, 15) is 0 Å². The van der Waals surface area contributed by atoms with Crippen molar-refractivity contribution in [2.45, 2.75) is 27.7 Å². The topological polar surface area (TPSA) is 38.4 Å². The van der Waals surface area contributed by atoms with Gasteiger partial charge >= 0.3 is 0 Å². The fraction of sp³-hybridized carbons (Fsp3) is 0.167. The summed E-state index contributed by atoms with van der Waals surface area (Å²) < 4.78 is 0. The zero-order valence-corrected chi connectivity index (χ0v) is 23.8. The molecule has 0 radical (unpaired) electrons. The molecule has 1 atom stereocenters. The summed E-state index contributed by atoms with van der Waals surface area (Å²) in [6.45, 7) is 10.1. The number of benzene rings is 4. The number of rotatable bonds is 3. The summed E-state index contributed by atoms with van der Waals surface area (Å²) in [5.41, 5.74) is 12.3. The van der Waals surface area contributed by atoms with E-state index in [4.69, 9.17) is 28.9 Å². The van der Waals surface area contributed by atoms with E-state index in [1.54, 1.807) is 12.1 Å². The van der Waals surface area contributed by atoms with Gasteiger partial charge in [-0.1, -0.05) is 122 Å². The van der Waals surface area contributed by atoms with E-state index in [-0.39, 0.29) is 0 Å². The summed E-state index contributed by atoms with van der Waals surface area (Å²) in [6.07, 6.45) is 0. The molecule has 0 bridgehead atoms. The molecule has 0 aromatic heterocycles. The minimum absolute atomic E-state index is 0.472. The van der Waals surface area contributed by atoms with Crippen LogP contribution in [-0.2, 0) is 0 Å². The molecule has 0 aliphatic heterocycles. The number of hydrogen-bond acceptors (Lipinski definition) is 1. The summed E-state index contributed by atoms with van der Waals surface area (Å²) in [5.74, 6) is 0.472. The average Bonchev–Trinajstić information content (AvgIpc) is 2.91. The first-order chi connectivity index (χ1) is 16.9. The van der Waals surface area contributed by atoms with Gasteiger partial charge in [0.2, 0.25) is 0 Å². The van der Waals surface area contributed by atoms with Gasteiger partial charge < -0.3 is 5.73 Å². The third-order valence-electron chi connectivity index (χ3n) is 4.64. The summed E-state index contributed by atoms with van der Waals surface area (Å²) in [4.78, 5) is 4.41. The van der Waals surface area contributed by atoms with Gasteiger partial charge in [-0.25, -0.2) is 4.99 Å². The lowest BCUT2D eigenvalue weighted by Gasteiger charge is -2.07. The van der Waals surface area contributed by atoms with Crippen LogP contribution in [0.15, 0.2) is 102 Å². The van der Waals surface area contributed by atoms with Crippen molar-refractivity contribution in [3.63, 3.8) is 0 Å². The van der Waals surface area contributed by atoms with Gasteiger partial charge in [0.05, 0.1) is 5.69 Å². The van der Waals surface area contributed by atoms with Crippen LogP contribution in [0.4, 0.5) is 5.69 Å². The van der Waals surface area contributed by atoms with Crippen molar-refractivity contribution in [2.75, 3.05) is 6.66 Å². The normalized spacial score (nSPS) is 10.0. The molecule has 4 aromatic rings. The minimum Gasteiger partial charge on any atom is -0.383 e. The Labute approximate surface area is 223 Å². The van der Waals surface area contributed by atoms with Crippen LogP contribution in [0, 0.1) is 13.8 Å². The van der Waals surface area contributed by atoms with Crippen molar-refractivity contribution in [1.82, 2.24) is 0 Å². The Kier molecular flexibility index (Phi) is 14.7. The zero-order valence-electron chi connectivity index (χ0n) is 21.1. The van der Waals surface area contributed by atoms with E-state index >= 15 is 0 Å². The van der Waals surface area contributed by atoms with E-state index in [1.807, 2.05) is 81.2 Å². The van der Waals surface area contributed by atoms with Gasteiger partial charge in [-0.05, 0) is 49.7 Å². The predicted molar refractivity (Wildman–Crippen MR) is 162 cm³/mol. The molecule has 0 saturated heterocycles. The average molecular weight is 526 g/mol. The second-order valence-electron chi connectivity index (χ2n) is 7.19. The molecule has 0 spiro atoms. The maximum atomic E-state index is 6.23. The van der Waals surface area contributed by atoms with Crippen molar-refractivity contribution < 1.29 is 0 Å². The molecule has 5 heteroatoms. The molecule has 2 nitrogen and oxygen atoms in total. The number of amidine groups is 1. The summed E-state index contributed by atoms with van der Waals surface area (Å²) in [6, 6.07) is 31.3. The molecule has 1 unspecified atom stereocenters. The summed E-state index contributed by atoms with van der Waals surface area (Å²) >= 11 is 12.3. The molecule has 0 saturated carbocycles. The minimum atomic E-state index is 0.472. The van der Waals surface area contributed by atoms with Crippen LogP contribution in [-0.4, -0.2) is 12.5 Å². The van der Waals surface area contributed by atoms with Gasteiger partial charge in [0.1, 0.15) is 5.84 Å². The Hall–Kier alpha value is -2.64. The number of aryl methyl sites for hydroxylation is 2. The molecule has 0 amide bonds. The number of nitrogens with zero attached hydrogens (tertiary/aromatic N) is 1. The lowest BCUT2D eigenvalue weighted by molar-refractivity contribution is 1.40. The Balaban J connectivity index is 0.000000427. The Morgan fingerprint density at radius 2 is 1.23 bits per heavy atom. The van der Waals surface area contributed by atoms with Gasteiger partial charge in [-0.2, -0.15) is 0 Å². The highest BCUT2D eigenvalue weighted by Gasteiger charge is 2.06. The molecule has 2 N–H and O–H groups in total. The smallest absolute Gasteiger partial charge is 0.131 e. The molecule has 4 rings (SSSR count). The van der Waals surface area contributed by atoms with Crippen LogP contribution in [0.5, 0.6) is 0 Å². The summed E-state index contributed by atoms with van der Waals surface area (Å²) in [7, 11) is 2.42. The molecule has 0 aliphatic carbocycles. The van der Waals surface area contributed by atoms with E-state index < -0.39 is 0 Å². The quantitative estimate of drug-likeness (QED) is 0.161. The zero-order chi connectivity index (χ0) is 26.2. The molecular formula is C30H35Cl2N2P. The number of hydrogen-bond donors (Lipinski definition) is 1. The second kappa shape index (κ2) is 16.9. The van der Waals surface area contributed by atoms with Crippen molar-refractivity contribution in [3.8, 4) is 11.1 Å². The number of para-hydroxylation sites is 1. The molecule has 0 fully saturated rings. The molecule has 184 valence electrons. The van der Waals surface area contributed by atoms with Crippen LogP contribution in [0.3, 0.4) is 0 Å².